The van der Waals surface area contributed by atoms with Gasteiger partial charge in [-0.3, -0.25) is 0 Å². The molecule has 10 heteroatoms. The molecule has 1 aliphatic rings. The predicted octanol–water partition coefficient (Wildman–Crippen LogP) is 3.52. The molecule has 0 fully saturated rings. The minimum absolute atomic E-state index is 0.306. The zero-order valence-electron chi connectivity index (χ0n) is 13.8. The number of furan rings is 1. The van der Waals surface area contributed by atoms with E-state index in [0.717, 1.165) is 0 Å². The second-order valence-corrected chi connectivity index (χ2v) is 6.48. The van der Waals surface area contributed by atoms with Crippen molar-refractivity contribution in [3.63, 3.8) is 0 Å². The summed E-state index contributed by atoms with van der Waals surface area (Å²) in [5.74, 6) is 3.47. The van der Waals surface area contributed by atoms with Crippen molar-refractivity contribution in [2.24, 2.45) is 0 Å². The fraction of sp³-hybridized carbons (Fsp3) is 0.176. The van der Waals surface area contributed by atoms with Gasteiger partial charge in [-0.05, 0) is 24.3 Å². The third-order valence-electron chi connectivity index (χ3n) is 3.73. The highest BCUT2D eigenvalue weighted by molar-refractivity contribution is 7.98. The standard InChI is InChI=1S/C17H12N4O5S/c1-2-5-11-10(4-1)23-8-13(24-11)16-19-20-17(25-16)27-9-14-18-15(26-21-14)12-6-3-7-22-12/h1-7,13H,8-9H2/t13-/m1/s1. The molecule has 1 aromatic carbocycles. The van der Waals surface area contributed by atoms with Crippen LogP contribution in [0, 0.1) is 0 Å². The Morgan fingerprint density at radius 3 is 2.89 bits per heavy atom. The summed E-state index contributed by atoms with van der Waals surface area (Å²) in [6.45, 7) is 0.306. The van der Waals surface area contributed by atoms with E-state index in [-0.39, 0.29) is 0 Å². The number of para-hydroxylation sites is 2. The SMILES string of the molecule is c1coc(-c2nc(CSc3nnc([C@H]4COc5ccccc5O4)o3)no2)c1. The number of rotatable bonds is 5. The maximum Gasteiger partial charge on any atom is 0.293 e. The molecule has 0 N–H and O–H groups in total. The lowest BCUT2D eigenvalue weighted by Gasteiger charge is -2.23. The third-order valence-corrected chi connectivity index (χ3v) is 4.55. The van der Waals surface area contributed by atoms with Crippen LogP contribution in [0.1, 0.15) is 17.8 Å². The lowest BCUT2D eigenvalue weighted by atomic mass is 10.2. The molecular weight excluding hydrogens is 372 g/mol. The van der Waals surface area contributed by atoms with Gasteiger partial charge >= 0.3 is 0 Å². The van der Waals surface area contributed by atoms with Crippen LogP contribution in [0.4, 0.5) is 0 Å². The van der Waals surface area contributed by atoms with Crippen molar-refractivity contribution in [3.8, 4) is 23.1 Å². The second-order valence-electron chi connectivity index (χ2n) is 5.55. The van der Waals surface area contributed by atoms with Gasteiger partial charge in [-0.15, -0.1) is 10.2 Å². The van der Waals surface area contributed by atoms with Crippen molar-refractivity contribution in [3.05, 3.63) is 54.4 Å². The first-order valence-electron chi connectivity index (χ1n) is 8.06. The Labute approximate surface area is 156 Å². The van der Waals surface area contributed by atoms with E-state index in [1.807, 2.05) is 24.3 Å². The van der Waals surface area contributed by atoms with E-state index in [2.05, 4.69) is 20.3 Å². The van der Waals surface area contributed by atoms with Crippen LogP contribution < -0.4 is 9.47 Å². The van der Waals surface area contributed by atoms with E-state index in [1.54, 1.807) is 18.4 Å². The first-order chi connectivity index (χ1) is 13.3. The number of benzene rings is 1. The molecule has 136 valence electrons. The van der Waals surface area contributed by atoms with Crippen molar-refractivity contribution in [1.29, 1.82) is 0 Å². The summed E-state index contributed by atoms with van der Waals surface area (Å²) >= 11 is 1.30. The highest BCUT2D eigenvalue weighted by Crippen LogP contribution is 2.36. The van der Waals surface area contributed by atoms with Gasteiger partial charge in [0.1, 0.15) is 6.61 Å². The lowest BCUT2D eigenvalue weighted by Crippen LogP contribution is -2.21. The molecule has 0 unspecified atom stereocenters. The van der Waals surface area contributed by atoms with E-state index in [0.29, 0.717) is 52.4 Å². The molecule has 0 spiro atoms. The van der Waals surface area contributed by atoms with Crippen molar-refractivity contribution in [2.75, 3.05) is 6.61 Å². The summed E-state index contributed by atoms with van der Waals surface area (Å²) in [5.41, 5.74) is 0. The molecule has 27 heavy (non-hydrogen) atoms. The highest BCUT2D eigenvalue weighted by atomic mass is 32.2. The van der Waals surface area contributed by atoms with Crippen LogP contribution in [-0.4, -0.2) is 26.9 Å². The fourth-order valence-electron chi connectivity index (χ4n) is 2.49. The summed E-state index contributed by atoms with van der Waals surface area (Å²) in [6, 6.07) is 11.0. The molecule has 0 amide bonds. The third kappa shape index (κ3) is 3.26. The van der Waals surface area contributed by atoms with Crippen LogP contribution in [0.15, 0.2) is 61.2 Å². The lowest BCUT2D eigenvalue weighted by molar-refractivity contribution is 0.0686. The highest BCUT2D eigenvalue weighted by Gasteiger charge is 2.27. The maximum absolute atomic E-state index is 5.86. The molecule has 4 aromatic rings. The molecule has 0 radical (unpaired) electrons. The van der Waals surface area contributed by atoms with E-state index in [4.69, 9.17) is 22.8 Å². The molecular formula is C17H12N4O5S. The molecule has 3 aromatic heterocycles. The van der Waals surface area contributed by atoms with Crippen LogP contribution in [0.5, 0.6) is 11.5 Å². The molecule has 0 aliphatic carbocycles. The van der Waals surface area contributed by atoms with Crippen molar-refractivity contribution < 1.29 is 22.8 Å². The Morgan fingerprint density at radius 2 is 2.00 bits per heavy atom. The van der Waals surface area contributed by atoms with Gasteiger partial charge in [-0.1, -0.05) is 29.1 Å². The summed E-state index contributed by atoms with van der Waals surface area (Å²) in [7, 11) is 0. The average Bonchev–Trinajstić information content (AvgIpc) is 3.47. The molecule has 5 rings (SSSR count). The molecule has 1 aliphatic heterocycles. The minimum atomic E-state index is -0.447. The first kappa shape index (κ1) is 15.9. The van der Waals surface area contributed by atoms with E-state index >= 15 is 0 Å². The molecule has 0 saturated carbocycles. The van der Waals surface area contributed by atoms with Crippen LogP contribution in [0.3, 0.4) is 0 Å². The minimum Gasteiger partial charge on any atom is -0.485 e. The monoisotopic (exact) mass is 384 g/mol. The van der Waals surface area contributed by atoms with Gasteiger partial charge in [0, 0.05) is 0 Å². The Balaban J connectivity index is 1.23. The van der Waals surface area contributed by atoms with E-state index < -0.39 is 6.10 Å². The van der Waals surface area contributed by atoms with Crippen LogP contribution in [0.25, 0.3) is 11.7 Å². The van der Waals surface area contributed by atoms with Crippen LogP contribution in [-0.2, 0) is 5.75 Å². The summed E-state index contributed by atoms with van der Waals surface area (Å²) in [6.07, 6.45) is 1.10. The normalized spacial score (nSPS) is 15.8. The van der Waals surface area contributed by atoms with Gasteiger partial charge < -0.3 is 22.8 Å². The number of nitrogens with zero attached hydrogens (tertiary/aromatic N) is 4. The Bertz CT molecular complexity index is 1050. The molecule has 0 saturated heterocycles. The number of hydrogen-bond acceptors (Lipinski definition) is 10. The van der Waals surface area contributed by atoms with Gasteiger partial charge in [0.05, 0.1) is 12.0 Å². The van der Waals surface area contributed by atoms with Crippen LogP contribution in [0.2, 0.25) is 0 Å². The quantitative estimate of drug-likeness (QED) is 0.474. The number of hydrogen-bond donors (Lipinski definition) is 0. The number of fused-ring (bicyclic) bond motifs is 1. The Hall–Kier alpha value is -3.27. The zero-order valence-corrected chi connectivity index (χ0v) is 14.6. The first-order valence-corrected chi connectivity index (χ1v) is 9.05. The second kappa shape index (κ2) is 6.80. The van der Waals surface area contributed by atoms with Gasteiger partial charge in [-0.2, -0.15) is 4.98 Å². The van der Waals surface area contributed by atoms with Crippen LogP contribution >= 0.6 is 11.8 Å². The number of ether oxygens (including phenoxy) is 2. The summed E-state index contributed by atoms with van der Waals surface area (Å²) in [5, 5.41) is 12.4. The van der Waals surface area contributed by atoms with Gasteiger partial charge in [0.25, 0.3) is 17.0 Å². The molecule has 0 bridgehead atoms. The van der Waals surface area contributed by atoms with Crippen molar-refractivity contribution >= 4 is 11.8 Å². The van der Waals surface area contributed by atoms with Gasteiger partial charge in [0.15, 0.2) is 23.1 Å². The van der Waals surface area contributed by atoms with E-state index in [1.165, 1.54) is 11.8 Å². The number of thioether (sulfide) groups is 1. The predicted molar refractivity (Wildman–Crippen MR) is 91.2 cm³/mol. The Morgan fingerprint density at radius 1 is 1.07 bits per heavy atom. The smallest absolute Gasteiger partial charge is 0.293 e. The van der Waals surface area contributed by atoms with Gasteiger partial charge in [0.2, 0.25) is 6.10 Å². The number of aromatic nitrogens is 4. The van der Waals surface area contributed by atoms with Gasteiger partial charge in [-0.25, -0.2) is 0 Å². The Kier molecular flexibility index (Phi) is 4.02. The summed E-state index contributed by atoms with van der Waals surface area (Å²) < 4.78 is 27.6. The molecule has 4 heterocycles. The average molecular weight is 384 g/mol. The topological polar surface area (TPSA) is 109 Å². The largest absolute Gasteiger partial charge is 0.485 e. The molecule has 1 atom stereocenters. The summed E-state index contributed by atoms with van der Waals surface area (Å²) in [4.78, 5) is 4.26. The zero-order chi connectivity index (χ0) is 18.1. The van der Waals surface area contributed by atoms with E-state index in [9.17, 15) is 0 Å². The molecule has 9 nitrogen and oxygen atoms in total. The fourth-order valence-corrected chi connectivity index (χ4v) is 3.10. The maximum atomic E-state index is 5.86. The van der Waals surface area contributed by atoms with Crippen molar-refractivity contribution in [1.82, 2.24) is 20.3 Å². The van der Waals surface area contributed by atoms with Crippen molar-refractivity contribution in [2.45, 2.75) is 17.1 Å².